The highest BCUT2D eigenvalue weighted by molar-refractivity contribution is 6.09. The fraction of sp³-hybridized carbons (Fsp3) is 0.412. The van der Waals surface area contributed by atoms with Gasteiger partial charge in [0.05, 0.1) is 6.42 Å². The van der Waals surface area contributed by atoms with E-state index in [1.807, 2.05) is 6.07 Å². The molecule has 1 atom stereocenters. The van der Waals surface area contributed by atoms with E-state index in [2.05, 4.69) is 5.32 Å². The molecule has 0 unspecified atom stereocenters. The highest BCUT2D eigenvalue weighted by atomic mass is 16.4. The van der Waals surface area contributed by atoms with Crippen LogP contribution >= 0.6 is 0 Å². The van der Waals surface area contributed by atoms with Gasteiger partial charge in [-0.05, 0) is 12.0 Å². The van der Waals surface area contributed by atoms with E-state index < -0.39 is 35.9 Å². The third-order valence-electron chi connectivity index (χ3n) is 4.35. The molecular formula is C17H21N3O5. The van der Waals surface area contributed by atoms with E-state index >= 15 is 0 Å². The molecule has 0 spiro atoms. The monoisotopic (exact) mass is 347 g/mol. The van der Waals surface area contributed by atoms with Crippen LogP contribution in [0.1, 0.15) is 25.3 Å². The van der Waals surface area contributed by atoms with Crippen LogP contribution in [0.5, 0.6) is 0 Å². The van der Waals surface area contributed by atoms with Crippen molar-refractivity contribution in [3.8, 4) is 0 Å². The van der Waals surface area contributed by atoms with Crippen molar-refractivity contribution in [1.82, 2.24) is 15.1 Å². The van der Waals surface area contributed by atoms with Gasteiger partial charge in [0.15, 0.2) is 0 Å². The fourth-order valence-corrected chi connectivity index (χ4v) is 2.78. The van der Waals surface area contributed by atoms with Gasteiger partial charge in [-0.1, -0.05) is 37.3 Å². The molecule has 1 aliphatic heterocycles. The summed E-state index contributed by atoms with van der Waals surface area (Å²) < 4.78 is 0. The summed E-state index contributed by atoms with van der Waals surface area (Å²) in [5.74, 6) is -2.00. The normalized spacial score (nSPS) is 19.7. The van der Waals surface area contributed by atoms with Gasteiger partial charge in [-0.15, -0.1) is 0 Å². The van der Waals surface area contributed by atoms with Crippen molar-refractivity contribution in [2.45, 2.75) is 25.3 Å². The Morgan fingerprint density at radius 1 is 1.24 bits per heavy atom. The number of hydrogen-bond donors (Lipinski definition) is 2. The molecule has 1 aromatic carbocycles. The summed E-state index contributed by atoms with van der Waals surface area (Å²) in [6, 6.07) is 8.25. The molecule has 0 bridgehead atoms. The topological polar surface area (TPSA) is 107 Å². The molecule has 4 amide bonds. The van der Waals surface area contributed by atoms with Crippen LogP contribution in [0.4, 0.5) is 4.79 Å². The number of carboxylic acid groups (broad SMARTS) is 1. The number of rotatable bonds is 7. The van der Waals surface area contributed by atoms with E-state index in [1.165, 1.54) is 11.9 Å². The van der Waals surface area contributed by atoms with E-state index in [-0.39, 0.29) is 13.0 Å². The molecule has 0 saturated carbocycles. The summed E-state index contributed by atoms with van der Waals surface area (Å²) >= 11 is 0. The SMILES string of the molecule is CC[C@]1(c2ccccc2)NC(=O)N(CC(=O)N(C)CCC(=O)O)C1=O. The summed E-state index contributed by atoms with van der Waals surface area (Å²) in [7, 11) is 1.44. The Bertz CT molecular complexity index is 691. The minimum Gasteiger partial charge on any atom is -0.481 e. The molecule has 8 heteroatoms. The Hall–Kier alpha value is -2.90. The first kappa shape index (κ1) is 18.4. The largest absolute Gasteiger partial charge is 0.481 e. The van der Waals surface area contributed by atoms with Crippen LogP contribution in [0.15, 0.2) is 30.3 Å². The van der Waals surface area contributed by atoms with Gasteiger partial charge in [-0.25, -0.2) is 4.79 Å². The molecule has 134 valence electrons. The van der Waals surface area contributed by atoms with Crippen molar-refractivity contribution in [3.63, 3.8) is 0 Å². The molecule has 25 heavy (non-hydrogen) atoms. The first-order chi connectivity index (χ1) is 11.8. The lowest BCUT2D eigenvalue weighted by Gasteiger charge is -2.26. The van der Waals surface area contributed by atoms with E-state index in [0.29, 0.717) is 12.0 Å². The number of nitrogens with zero attached hydrogens (tertiary/aromatic N) is 2. The van der Waals surface area contributed by atoms with Gasteiger partial charge in [-0.3, -0.25) is 19.3 Å². The Morgan fingerprint density at radius 3 is 2.44 bits per heavy atom. The van der Waals surface area contributed by atoms with Crippen molar-refractivity contribution in [2.24, 2.45) is 0 Å². The Balaban J connectivity index is 2.15. The first-order valence-corrected chi connectivity index (χ1v) is 7.97. The average Bonchev–Trinajstić information content (AvgIpc) is 2.85. The van der Waals surface area contributed by atoms with Crippen molar-refractivity contribution in [1.29, 1.82) is 0 Å². The number of imide groups is 1. The highest BCUT2D eigenvalue weighted by Gasteiger charge is 2.51. The van der Waals surface area contributed by atoms with E-state index in [9.17, 15) is 19.2 Å². The maximum Gasteiger partial charge on any atom is 0.325 e. The lowest BCUT2D eigenvalue weighted by Crippen LogP contribution is -2.45. The number of nitrogens with one attached hydrogen (secondary N) is 1. The minimum absolute atomic E-state index is 0.00935. The van der Waals surface area contributed by atoms with Gasteiger partial charge in [0.1, 0.15) is 12.1 Å². The molecule has 0 aromatic heterocycles. The summed E-state index contributed by atoms with van der Waals surface area (Å²) in [4.78, 5) is 50.0. The number of benzene rings is 1. The molecular weight excluding hydrogens is 326 g/mol. The van der Waals surface area contributed by atoms with Crippen molar-refractivity contribution < 1.29 is 24.3 Å². The molecule has 1 aliphatic rings. The van der Waals surface area contributed by atoms with Gasteiger partial charge in [-0.2, -0.15) is 0 Å². The zero-order valence-electron chi connectivity index (χ0n) is 14.2. The second kappa shape index (κ2) is 7.33. The number of amides is 4. The van der Waals surface area contributed by atoms with Gasteiger partial charge in [0, 0.05) is 13.6 Å². The molecule has 1 aromatic rings. The smallest absolute Gasteiger partial charge is 0.325 e. The number of urea groups is 1. The first-order valence-electron chi connectivity index (χ1n) is 7.97. The molecule has 2 N–H and O–H groups in total. The van der Waals surface area contributed by atoms with E-state index in [4.69, 9.17) is 5.11 Å². The molecule has 1 fully saturated rings. The second-order valence-electron chi connectivity index (χ2n) is 5.91. The van der Waals surface area contributed by atoms with Crippen LogP contribution in [0.25, 0.3) is 0 Å². The third-order valence-corrected chi connectivity index (χ3v) is 4.35. The summed E-state index contributed by atoms with van der Waals surface area (Å²) in [5, 5.41) is 11.4. The number of carboxylic acids is 1. The zero-order valence-corrected chi connectivity index (χ0v) is 14.2. The highest BCUT2D eigenvalue weighted by Crippen LogP contribution is 2.32. The fourth-order valence-electron chi connectivity index (χ4n) is 2.78. The standard InChI is InChI=1S/C17H21N3O5/c1-3-17(12-7-5-4-6-8-12)15(24)20(16(25)18-17)11-13(21)19(2)10-9-14(22)23/h4-8H,3,9-11H2,1-2H3,(H,18,25)(H,22,23)/t17-/m1/s1. The lowest BCUT2D eigenvalue weighted by atomic mass is 9.87. The van der Waals surface area contributed by atoms with Gasteiger partial charge >= 0.3 is 12.0 Å². The van der Waals surface area contributed by atoms with E-state index in [0.717, 1.165) is 4.90 Å². The van der Waals surface area contributed by atoms with Crippen LogP contribution in [-0.4, -0.2) is 58.9 Å². The number of likely N-dealkylation sites (N-methyl/N-ethyl adjacent to an activating group) is 1. The Morgan fingerprint density at radius 2 is 1.88 bits per heavy atom. The van der Waals surface area contributed by atoms with Gasteiger partial charge in [0.25, 0.3) is 5.91 Å². The minimum atomic E-state index is -1.18. The maximum atomic E-state index is 12.9. The van der Waals surface area contributed by atoms with Gasteiger partial charge in [0.2, 0.25) is 5.91 Å². The van der Waals surface area contributed by atoms with Gasteiger partial charge < -0.3 is 15.3 Å². The molecule has 8 nitrogen and oxygen atoms in total. The predicted octanol–water partition coefficient (Wildman–Crippen LogP) is 0.777. The number of carbonyl (C=O) groups is 4. The predicted molar refractivity (Wildman–Crippen MR) is 88.5 cm³/mol. The Labute approximate surface area is 145 Å². The van der Waals surface area contributed by atoms with Crippen LogP contribution in [0.2, 0.25) is 0 Å². The lowest BCUT2D eigenvalue weighted by molar-refractivity contribution is -0.140. The maximum absolute atomic E-state index is 12.9. The van der Waals surface area contributed by atoms with Crippen LogP contribution in [0, 0.1) is 0 Å². The third kappa shape index (κ3) is 3.62. The van der Waals surface area contributed by atoms with Crippen LogP contribution in [0.3, 0.4) is 0 Å². The molecule has 0 radical (unpaired) electrons. The molecule has 0 aliphatic carbocycles. The van der Waals surface area contributed by atoms with Crippen LogP contribution in [-0.2, 0) is 19.9 Å². The number of hydrogen-bond acceptors (Lipinski definition) is 4. The summed E-state index contributed by atoms with van der Waals surface area (Å²) in [6.07, 6.45) is 0.145. The van der Waals surface area contributed by atoms with Crippen LogP contribution < -0.4 is 5.32 Å². The summed E-state index contributed by atoms with van der Waals surface area (Å²) in [5.41, 5.74) is -0.525. The summed E-state index contributed by atoms with van der Waals surface area (Å²) in [6.45, 7) is 1.38. The average molecular weight is 347 g/mol. The molecule has 1 saturated heterocycles. The Kier molecular flexibility index (Phi) is 5.41. The van der Waals surface area contributed by atoms with Crippen molar-refractivity contribution in [2.75, 3.05) is 20.1 Å². The molecule has 1 heterocycles. The second-order valence-corrected chi connectivity index (χ2v) is 5.91. The molecule has 2 rings (SSSR count). The number of aliphatic carboxylic acids is 1. The van der Waals surface area contributed by atoms with E-state index in [1.54, 1.807) is 31.2 Å². The van der Waals surface area contributed by atoms with Crippen molar-refractivity contribution >= 4 is 23.8 Å². The number of carbonyl (C=O) groups excluding carboxylic acids is 3. The quantitative estimate of drug-likeness (QED) is 0.709. The zero-order chi connectivity index (χ0) is 18.6. The van der Waals surface area contributed by atoms with Crippen molar-refractivity contribution in [3.05, 3.63) is 35.9 Å².